The number of rotatable bonds is 8. The molecule has 3 atom stereocenters. The Balaban J connectivity index is 1.51. The lowest BCUT2D eigenvalue weighted by Crippen LogP contribution is -2.36. The van der Waals surface area contributed by atoms with Crippen LogP contribution >= 0.6 is 0 Å². The van der Waals surface area contributed by atoms with Crippen LogP contribution in [-0.4, -0.2) is 61.4 Å². The number of hydrogen-bond acceptors (Lipinski definition) is 7. The molecule has 4 rings (SSSR count). The zero-order valence-corrected chi connectivity index (χ0v) is 17.4. The van der Waals surface area contributed by atoms with Crippen molar-refractivity contribution >= 4 is 12.3 Å². The van der Waals surface area contributed by atoms with Crippen molar-refractivity contribution in [3.63, 3.8) is 0 Å². The number of benzene rings is 2. The molecule has 1 aromatic heterocycles. The largest absolute Gasteiger partial charge is 0.394 e. The highest BCUT2D eigenvalue weighted by molar-refractivity contribution is 5.58. The molecular weight excluding hydrogens is 410 g/mol. The quantitative estimate of drug-likeness (QED) is 0.405. The maximum Gasteiger partial charge on any atom is 0.352 e. The highest BCUT2D eigenvalue weighted by Crippen LogP contribution is 2.23. The van der Waals surface area contributed by atoms with Gasteiger partial charge in [0.15, 0.2) is 0 Å². The summed E-state index contributed by atoms with van der Waals surface area (Å²) >= 11 is 0. The van der Waals surface area contributed by atoms with E-state index in [9.17, 15) is 15.0 Å². The maximum atomic E-state index is 12.5. The summed E-state index contributed by atoms with van der Waals surface area (Å²) in [5, 5.41) is 19.4. The molecule has 1 fully saturated rings. The maximum absolute atomic E-state index is 12.5. The Morgan fingerprint density at radius 2 is 1.72 bits per heavy atom. The second-order valence-corrected chi connectivity index (χ2v) is 7.58. The Morgan fingerprint density at radius 3 is 2.25 bits per heavy atom. The molecule has 3 aromatic rings. The molecular formula is C23H25N5O4. The first-order valence-electron chi connectivity index (χ1n) is 10.4. The molecule has 0 saturated carbocycles. The minimum Gasteiger partial charge on any atom is -0.394 e. The van der Waals surface area contributed by atoms with Crippen LogP contribution < -0.4 is 5.69 Å². The third-order valence-corrected chi connectivity index (χ3v) is 5.30. The predicted molar refractivity (Wildman–Crippen MR) is 118 cm³/mol. The fraction of sp³-hybridized carbons (Fsp3) is 0.304. The van der Waals surface area contributed by atoms with Crippen LogP contribution in [0.4, 0.5) is 5.95 Å². The monoisotopic (exact) mass is 435 g/mol. The van der Waals surface area contributed by atoms with Crippen LogP contribution in [0.2, 0.25) is 0 Å². The molecule has 166 valence electrons. The number of aliphatic hydroxyl groups is 2. The molecule has 0 spiro atoms. The number of aliphatic imine (C=N–C) groups is 1. The summed E-state index contributed by atoms with van der Waals surface area (Å²) in [7, 11) is 0. The lowest BCUT2D eigenvalue weighted by molar-refractivity contribution is 0.00186. The first kappa shape index (κ1) is 21.8. The number of hydrogen-bond donors (Lipinski definition) is 2. The molecule has 0 aliphatic carbocycles. The van der Waals surface area contributed by atoms with Crippen LogP contribution in [-0.2, 0) is 17.8 Å². The van der Waals surface area contributed by atoms with Gasteiger partial charge in [0.25, 0.3) is 5.95 Å². The first-order chi connectivity index (χ1) is 15.6. The van der Waals surface area contributed by atoms with Crippen molar-refractivity contribution in [1.82, 2.24) is 19.4 Å². The molecule has 1 aliphatic rings. The molecule has 2 heterocycles. The summed E-state index contributed by atoms with van der Waals surface area (Å²) in [6, 6.07) is 19.4. The van der Waals surface area contributed by atoms with Gasteiger partial charge in [-0.3, -0.25) is 4.57 Å². The summed E-state index contributed by atoms with van der Waals surface area (Å²) in [4.78, 5) is 26.9. The average Bonchev–Trinajstić information content (AvgIpc) is 3.19. The molecule has 1 aliphatic heterocycles. The van der Waals surface area contributed by atoms with Gasteiger partial charge in [-0.15, -0.1) is 0 Å². The lowest BCUT2D eigenvalue weighted by atomic mass is 10.1. The summed E-state index contributed by atoms with van der Waals surface area (Å²) in [6.07, 6.45) is 1.20. The lowest BCUT2D eigenvalue weighted by Gasteiger charge is -2.20. The van der Waals surface area contributed by atoms with Gasteiger partial charge < -0.3 is 19.8 Å². The summed E-state index contributed by atoms with van der Waals surface area (Å²) in [5.41, 5.74) is 1.66. The van der Waals surface area contributed by atoms with Crippen molar-refractivity contribution < 1.29 is 14.9 Å². The van der Waals surface area contributed by atoms with Gasteiger partial charge in [0, 0.05) is 13.1 Å². The van der Waals surface area contributed by atoms with Crippen molar-refractivity contribution in [2.75, 3.05) is 13.2 Å². The van der Waals surface area contributed by atoms with Gasteiger partial charge in [-0.1, -0.05) is 60.7 Å². The third kappa shape index (κ3) is 5.25. The molecule has 9 heteroatoms. The minimum absolute atomic E-state index is 0.0319. The normalized spacial score (nSPS) is 20.6. The second kappa shape index (κ2) is 10.3. The minimum atomic E-state index is -1.01. The van der Waals surface area contributed by atoms with E-state index in [1.807, 2.05) is 65.6 Å². The van der Waals surface area contributed by atoms with E-state index in [0.29, 0.717) is 13.1 Å². The van der Waals surface area contributed by atoms with Crippen molar-refractivity contribution in [3.8, 4) is 0 Å². The van der Waals surface area contributed by atoms with E-state index >= 15 is 0 Å². The standard InChI is InChI=1S/C23H25N5O4/c29-13-20-21(30)19(14-32-20)28-16-25-22(26-23(28)31)24-15-27(11-17-7-3-1-4-8-17)12-18-9-5-2-6-10-18/h1-10,15-16,19-21,29-30H,11-14H2/t19-,20-,21+/m1/s1. The number of nitrogens with zero attached hydrogens (tertiary/aromatic N) is 5. The highest BCUT2D eigenvalue weighted by atomic mass is 16.5. The van der Waals surface area contributed by atoms with E-state index in [1.165, 1.54) is 10.9 Å². The molecule has 0 bridgehead atoms. The fourth-order valence-corrected chi connectivity index (χ4v) is 3.60. The van der Waals surface area contributed by atoms with E-state index in [1.54, 1.807) is 6.34 Å². The first-order valence-corrected chi connectivity index (χ1v) is 10.4. The fourth-order valence-electron chi connectivity index (χ4n) is 3.60. The predicted octanol–water partition coefficient (Wildman–Crippen LogP) is 1.29. The Kier molecular flexibility index (Phi) is 7.00. The van der Waals surface area contributed by atoms with Crippen LogP contribution in [0.3, 0.4) is 0 Å². The van der Waals surface area contributed by atoms with Crippen molar-refractivity contribution in [2.24, 2.45) is 4.99 Å². The molecule has 32 heavy (non-hydrogen) atoms. The smallest absolute Gasteiger partial charge is 0.352 e. The Morgan fingerprint density at radius 1 is 1.09 bits per heavy atom. The van der Waals surface area contributed by atoms with E-state index in [0.717, 1.165) is 11.1 Å². The number of ether oxygens (including phenoxy) is 1. The third-order valence-electron chi connectivity index (χ3n) is 5.30. The van der Waals surface area contributed by atoms with Gasteiger partial charge >= 0.3 is 5.69 Å². The second-order valence-electron chi connectivity index (χ2n) is 7.58. The van der Waals surface area contributed by atoms with Crippen LogP contribution in [0.15, 0.2) is 76.8 Å². The Hall–Kier alpha value is -3.40. The van der Waals surface area contributed by atoms with Gasteiger partial charge in [-0.2, -0.15) is 4.98 Å². The van der Waals surface area contributed by atoms with E-state index < -0.39 is 23.9 Å². The molecule has 1 saturated heterocycles. The van der Waals surface area contributed by atoms with Gasteiger partial charge in [0.1, 0.15) is 18.5 Å². The summed E-state index contributed by atoms with van der Waals surface area (Å²) in [6.45, 7) is 1.03. The van der Waals surface area contributed by atoms with Crippen LogP contribution in [0.1, 0.15) is 17.2 Å². The van der Waals surface area contributed by atoms with Crippen LogP contribution in [0.25, 0.3) is 0 Å². The topological polar surface area (TPSA) is 113 Å². The SMILES string of the molecule is O=c1nc(N=CN(Cc2ccccc2)Cc2ccccc2)ncn1[C@@H]1CO[C@H](CO)[C@H]1O. The number of aromatic nitrogens is 3. The zero-order chi connectivity index (χ0) is 22.3. The van der Waals surface area contributed by atoms with Gasteiger partial charge in [-0.05, 0) is 11.1 Å². The van der Waals surface area contributed by atoms with Gasteiger partial charge in [0.2, 0.25) is 0 Å². The molecule has 2 N–H and O–H groups in total. The van der Waals surface area contributed by atoms with Crippen LogP contribution in [0, 0.1) is 0 Å². The Labute approximate surface area is 185 Å². The molecule has 0 unspecified atom stereocenters. The van der Waals surface area contributed by atoms with Gasteiger partial charge in [0.05, 0.1) is 25.6 Å². The van der Waals surface area contributed by atoms with E-state index in [2.05, 4.69) is 15.0 Å². The van der Waals surface area contributed by atoms with Gasteiger partial charge in [-0.25, -0.2) is 14.8 Å². The summed E-state index contributed by atoms with van der Waals surface area (Å²) in [5.74, 6) is 0.0319. The number of aliphatic hydroxyl groups excluding tert-OH is 2. The molecule has 2 aromatic carbocycles. The molecule has 0 radical (unpaired) electrons. The van der Waals surface area contributed by atoms with Crippen molar-refractivity contribution in [2.45, 2.75) is 31.3 Å². The highest BCUT2D eigenvalue weighted by Gasteiger charge is 2.37. The zero-order valence-electron chi connectivity index (χ0n) is 17.4. The Bertz CT molecular complexity index is 1050. The van der Waals surface area contributed by atoms with Crippen LogP contribution in [0.5, 0.6) is 0 Å². The van der Waals surface area contributed by atoms with E-state index in [-0.39, 0.29) is 19.2 Å². The molecule has 0 amide bonds. The van der Waals surface area contributed by atoms with E-state index in [4.69, 9.17) is 4.74 Å². The van der Waals surface area contributed by atoms with Crippen molar-refractivity contribution in [1.29, 1.82) is 0 Å². The van der Waals surface area contributed by atoms with Crippen molar-refractivity contribution in [3.05, 3.63) is 88.6 Å². The summed E-state index contributed by atoms with van der Waals surface area (Å²) < 4.78 is 6.52. The molecule has 9 nitrogen and oxygen atoms in total. The average molecular weight is 435 g/mol.